The Morgan fingerprint density at radius 1 is 1.63 bits per heavy atom. The first kappa shape index (κ1) is 14.3. The van der Waals surface area contributed by atoms with Gasteiger partial charge in [0, 0.05) is 32.7 Å². The van der Waals surface area contributed by atoms with Gasteiger partial charge < -0.3 is 10.1 Å². The molecule has 0 aromatic carbocycles. The van der Waals surface area contributed by atoms with E-state index in [1.165, 1.54) is 0 Å². The molecule has 0 radical (unpaired) electrons. The molecule has 1 saturated heterocycles. The lowest BCUT2D eigenvalue weighted by molar-refractivity contribution is -0.132. The minimum absolute atomic E-state index is 0.0302. The van der Waals surface area contributed by atoms with Crippen LogP contribution in [0.15, 0.2) is 0 Å². The van der Waals surface area contributed by atoms with Gasteiger partial charge in [0.1, 0.15) is 11.2 Å². The van der Waals surface area contributed by atoms with Crippen LogP contribution in [-0.4, -0.2) is 53.4 Å². The smallest absolute Gasteiger partial charge is 0.239 e. The van der Waals surface area contributed by atoms with E-state index in [0.29, 0.717) is 31.5 Å². The second-order valence-corrected chi connectivity index (χ2v) is 5.01. The quantitative estimate of drug-likeness (QED) is 0.870. The number of halogens is 1. The van der Waals surface area contributed by atoms with E-state index >= 15 is 0 Å². The molecule has 2 heterocycles. The normalized spacial score (nSPS) is 20.5. The molecule has 0 spiro atoms. The van der Waals surface area contributed by atoms with Crippen LogP contribution in [0.4, 0.5) is 0 Å². The fraction of sp³-hybridized carbons (Fsp3) is 0.667. The number of aryl methyl sites for hydroxylation is 2. The average Bonchev–Trinajstić information content (AvgIpc) is 2.65. The van der Waals surface area contributed by atoms with E-state index < -0.39 is 0 Å². The summed E-state index contributed by atoms with van der Waals surface area (Å²) in [5.41, 5.74) is 1.87. The molecule has 1 amide bonds. The lowest BCUT2D eigenvalue weighted by Crippen LogP contribution is -2.52. The Labute approximate surface area is 117 Å². The topological polar surface area (TPSA) is 59.4 Å². The first-order valence-corrected chi connectivity index (χ1v) is 6.63. The summed E-state index contributed by atoms with van der Waals surface area (Å²) in [7, 11) is 3.45. The van der Waals surface area contributed by atoms with Crippen molar-refractivity contribution in [2.45, 2.75) is 19.5 Å². The van der Waals surface area contributed by atoms with E-state index in [-0.39, 0.29) is 11.9 Å². The highest BCUT2D eigenvalue weighted by Crippen LogP contribution is 2.22. The number of hydrogen-bond acceptors (Lipinski definition) is 4. The van der Waals surface area contributed by atoms with Crippen molar-refractivity contribution in [2.24, 2.45) is 7.05 Å². The number of ether oxygens (including phenoxy) is 1. The molecular formula is C12H19ClN4O2. The van der Waals surface area contributed by atoms with Crippen LogP contribution in [0.1, 0.15) is 11.3 Å². The van der Waals surface area contributed by atoms with Crippen molar-refractivity contribution in [1.82, 2.24) is 20.0 Å². The fourth-order valence-corrected chi connectivity index (χ4v) is 2.53. The molecule has 1 aromatic rings. The first-order valence-electron chi connectivity index (χ1n) is 6.26. The van der Waals surface area contributed by atoms with Crippen LogP contribution in [-0.2, 0) is 23.1 Å². The molecule has 1 aliphatic heterocycles. The van der Waals surface area contributed by atoms with Crippen molar-refractivity contribution in [3.63, 3.8) is 0 Å². The molecule has 0 aliphatic carbocycles. The van der Waals surface area contributed by atoms with Crippen molar-refractivity contribution in [2.75, 3.05) is 26.8 Å². The Hall–Kier alpha value is -1.11. The van der Waals surface area contributed by atoms with E-state index in [0.717, 1.165) is 11.3 Å². The number of rotatable bonds is 3. The van der Waals surface area contributed by atoms with Gasteiger partial charge in [0.2, 0.25) is 5.91 Å². The predicted octanol–water partition coefficient (Wildman–Crippen LogP) is 0.329. The second-order valence-electron chi connectivity index (χ2n) is 4.65. The maximum absolute atomic E-state index is 11.9. The van der Waals surface area contributed by atoms with Crippen molar-refractivity contribution < 1.29 is 9.53 Å². The summed E-state index contributed by atoms with van der Waals surface area (Å²) in [4.78, 5) is 13.9. The van der Waals surface area contributed by atoms with Crippen LogP contribution >= 0.6 is 11.6 Å². The minimum atomic E-state index is -0.269. The first-order chi connectivity index (χ1) is 9.04. The van der Waals surface area contributed by atoms with Gasteiger partial charge in [0.25, 0.3) is 0 Å². The number of amides is 1. The van der Waals surface area contributed by atoms with Gasteiger partial charge in [-0.3, -0.25) is 14.4 Å². The second kappa shape index (κ2) is 5.90. The van der Waals surface area contributed by atoms with Crippen LogP contribution in [0.25, 0.3) is 0 Å². The van der Waals surface area contributed by atoms with Crippen LogP contribution < -0.4 is 5.32 Å². The van der Waals surface area contributed by atoms with Gasteiger partial charge in [-0.2, -0.15) is 5.10 Å². The number of nitrogens with one attached hydrogen (secondary N) is 1. The molecule has 1 fully saturated rings. The van der Waals surface area contributed by atoms with Gasteiger partial charge in [0.15, 0.2) is 0 Å². The summed E-state index contributed by atoms with van der Waals surface area (Å²) >= 11 is 6.24. The van der Waals surface area contributed by atoms with Crippen LogP contribution in [0.3, 0.4) is 0 Å². The zero-order valence-electron chi connectivity index (χ0n) is 11.4. The fourth-order valence-electron chi connectivity index (χ4n) is 2.29. The van der Waals surface area contributed by atoms with E-state index in [4.69, 9.17) is 16.3 Å². The zero-order chi connectivity index (χ0) is 14.0. The van der Waals surface area contributed by atoms with Gasteiger partial charge >= 0.3 is 0 Å². The molecule has 19 heavy (non-hydrogen) atoms. The Kier molecular flexibility index (Phi) is 4.44. The summed E-state index contributed by atoms with van der Waals surface area (Å²) in [6.07, 6.45) is 0. The maximum atomic E-state index is 11.9. The number of morpholine rings is 1. The molecule has 1 aliphatic rings. The SMILES string of the molecule is CNC(=O)C1COCCN1Cc1c(C)nn(C)c1Cl. The van der Waals surface area contributed by atoms with Crippen LogP contribution in [0, 0.1) is 6.92 Å². The van der Waals surface area contributed by atoms with Crippen molar-refractivity contribution >= 4 is 17.5 Å². The number of nitrogens with zero attached hydrogens (tertiary/aromatic N) is 3. The Bertz CT molecular complexity index is 475. The number of carbonyl (C=O) groups excluding carboxylic acids is 1. The molecule has 1 atom stereocenters. The summed E-state index contributed by atoms with van der Waals surface area (Å²) < 4.78 is 7.04. The van der Waals surface area contributed by atoms with Crippen LogP contribution in [0.5, 0.6) is 0 Å². The monoisotopic (exact) mass is 286 g/mol. The largest absolute Gasteiger partial charge is 0.378 e. The van der Waals surface area contributed by atoms with Crippen molar-refractivity contribution in [3.05, 3.63) is 16.4 Å². The van der Waals surface area contributed by atoms with Crippen molar-refractivity contribution in [1.29, 1.82) is 0 Å². The number of likely N-dealkylation sites (N-methyl/N-ethyl adjacent to an activating group) is 1. The van der Waals surface area contributed by atoms with Crippen LogP contribution in [0.2, 0.25) is 5.15 Å². The molecule has 1 aromatic heterocycles. The predicted molar refractivity (Wildman–Crippen MR) is 72.0 cm³/mol. The highest BCUT2D eigenvalue weighted by Gasteiger charge is 2.30. The van der Waals surface area contributed by atoms with Gasteiger partial charge in [-0.15, -0.1) is 0 Å². The van der Waals surface area contributed by atoms with Gasteiger partial charge in [0.05, 0.1) is 18.9 Å². The lowest BCUT2D eigenvalue weighted by atomic mass is 10.1. The van der Waals surface area contributed by atoms with Crippen molar-refractivity contribution in [3.8, 4) is 0 Å². The van der Waals surface area contributed by atoms with E-state index in [1.807, 2.05) is 14.0 Å². The molecule has 0 bridgehead atoms. The number of aromatic nitrogens is 2. The number of carbonyl (C=O) groups is 1. The van der Waals surface area contributed by atoms with Gasteiger partial charge in [-0.1, -0.05) is 11.6 Å². The molecule has 1 unspecified atom stereocenters. The molecule has 106 valence electrons. The van der Waals surface area contributed by atoms with E-state index in [1.54, 1.807) is 11.7 Å². The number of hydrogen-bond donors (Lipinski definition) is 1. The molecule has 6 nitrogen and oxygen atoms in total. The summed E-state index contributed by atoms with van der Waals surface area (Å²) in [5, 5.41) is 7.59. The Morgan fingerprint density at radius 3 is 2.95 bits per heavy atom. The standard InChI is InChI=1S/C12H19ClN4O2/c1-8-9(11(13)16(3)15-8)6-17-4-5-19-7-10(17)12(18)14-2/h10H,4-7H2,1-3H3,(H,14,18). The molecule has 1 N–H and O–H groups in total. The third kappa shape index (κ3) is 2.91. The summed E-state index contributed by atoms with van der Waals surface area (Å²) in [6, 6.07) is -0.269. The highest BCUT2D eigenvalue weighted by molar-refractivity contribution is 6.30. The molecule has 0 saturated carbocycles. The average molecular weight is 287 g/mol. The van der Waals surface area contributed by atoms with E-state index in [2.05, 4.69) is 15.3 Å². The van der Waals surface area contributed by atoms with E-state index in [9.17, 15) is 4.79 Å². The van der Waals surface area contributed by atoms with Gasteiger partial charge in [-0.25, -0.2) is 0 Å². The summed E-state index contributed by atoms with van der Waals surface area (Å²) in [6.45, 7) is 4.29. The van der Waals surface area contributed by atoms with Gasteiger partial charge in [-0.05, 0) is 6.92 Å². The third-order valence-electron chi connectivity index (χ3n) is 3.42. The lowest BCUT2D eigenvalue weighted by Gasteiger charge is -2.34. The molecule has 7 heteroatoms. The Morgan fingerprint density at radius 2 is 2.37 bits per heavy atom. The Balaban J connectivity index is 2.17. The minimum Gasteiger partial charge on any atom is -0.378 e. The third-order valence-corrected chi connectivity index (χ3v) is 3.89. The molecule has 2 rings (SSSR count). The highest BCUT2D eigenvalue weighted by atomic mass is 35.5. The maximum Gasteiger partial charge on any atom is 0.239 e. The zero-order valence-corrected chi connectivity index (χ0v) is 12.2. The molecular weight excluding hydrogens is 268 g/mol. The summed E-state index contributed by atoms with van der Waals surface area (Å²) in [5.74, 6) is -0.0302.